The van der Waals surface area contributed by atoms with Crippen LogP contribution in [0, 0.1) is 0 Å². The van der Waals surface area contributed by atoms with Crippen LogP contribution in [0.5, 0.6) is 0 Å². The van der Waals surface area contributed by atoms with Crippen LogP contribution in [0.3, 0.4) is 0 Å². The van der Waals surface area contributed by atoms with Crippen molar-refractivity contribution in [1.29, 1.82) is 0 Å². The lowest BCUT2D eigenvalue weighted by molar-refractivity contribution is -0.117. The Bertz CT molecular complexity index is 461. The molecule has 0 bridgehead atoms. The SMILES string of the molecule is CCN(CC(=O)Nc1cccc(Br)c1)CC1CCCCN1. The van der Waals surface area contributed by atoms with Crippen LogP contribution in [0.4, 0.5) is 5.69 Å². The Hall–Kier alpha value is -0.910. The molecule has 4 nitrogen and oxygen atoms in total. The van der Waals surface area contributed by atoms with E-state index in [4.69, 9.17) is 0 Å². The molecule has 0 aromatic heterocycles. The van der Waals surface area contributed by atoms with E-state index in [0.717, 1.165) is 29.8 Å². The molecule has 0 aliphatic carbocycles. The average Bonchev–Trinajstić information content (AvgIpc) is 2.47. The number of piperidine rings is 1. The number of benzene rings is 1. The highest BCUT2D eigenvalue weighted by Crippen LogP contribution is 2.15. The molecule has 1 atom stereocenters. The lowest BCUT2D eigenvalue weighted by Gasteiger charge is -2.29. The molecule has 1 aromatic rings. The lowest BCUT2D eigenvalue weighted by Crippen LogP contribution is -2.45. The first-order valence-electron chi connectivity index (χ1n) is 7.68. The molecule has 1 aromatic carbocycles. The first-order chi connectivity index (χ1) is 10.2. The van der Waals surface area contributed by atoms with E-state index in [2.05, 4.69) is 38.4 Å². The molecule has 116 valence electrons. The number of nitrogens with one attached hydrogen (secondary N) is 2. The molecule has 21 heavy (non-hydrogen) atoms. The molecule has 5 heteroatoms. The molecule has 1 amide bonds. The fourth-order valence-electron chi connectivity index (χ4n) is 2.67. The standard InChI is InChI=1S/C16H24BrN3O/c1-2-20(11-15-7-3-4-9-18-15)12-16(21)19-14-8-5-6-13(17)10-14/h5-6,8,10,15,18H,2-4,7,9,11-12H2,1H3,(H,19,21). The van der Waals surface area contributed by atoms with Crippen molar-refractivity contribution >= 4 is 27.5 Å². The zero-order valence-electron chi connectivity index (χ0n) is 12.6. The predicted molar refractivity (Wildman–Crippen MR) is 90.5 cm³/mol. The van der Waals surface area contributed by atoms with E-state index in [-0.39, 0.29) is 5.91 Å². The number of anilines is 1. The van der Waals surface area contributed by atoms with Gasteiger partial charge < -0.3 is 10.6 Å². The largest absolute Gasteiger partial charge is 0.325 e. The van der Waals surface area contributed by atoms with Crippen molar-refractivity contribution in [2.75, 3.05) is 31.5 Å². The van der Waals surface area contributed by atoms with Gasteiger partial charge in [0.1, 0.15) is 0 Å². The summed E-state index contributed by atoms with van der Waals surface area (Å²) in [7, 11) is 0. The third kappa shape index (κ3) is 5.77. The van der Waals surface area contributed by atoms with Gasteiger partial charge in [-0.05, 0) is 44.1 Å². The number of amides is 1. The fraction of sp³-hybridized carbons (Fsp3) is 0.562. The summed E-state index contributed by atoms with van der Waals surface area (Å²) in [5, 5.41) is 6.49. The molecule has 2 N–H and O–H groups in total. The van der Waals surface area contributed by atoms with Gasteiger partial charge in [0.25, 0.3) is 0 Å². The van der Waals surface area contributed by atoms with E-state index in [9.17, 15) is 4.79 Å². The Kier molecular flexibility index (Phi) is 6.67. The van der Waals surface area contributed by atoms with E-state index in [1.54, 1.807) is 0 Å². The number of halogens is 1. The van der Waals surface area contributed by atoms with Gasteiger partial charge >= 0.3 is 0 Å². The number of likely N-dealkylation sites (N-methyl/N-ethyl adjacent to an activating group) is 1. The number of carbonyl (C=O) groups is 1. The smallest absolute Gasteiger partial charge is 0.238 e. The second kappa shape index (κ2) is 8.51. The summed E-state index contributed by atoms with van der Waals surface area (Å²) in [6.07, 6.45) is 3.77. The highest BCUT2D eigenvalue weighted by atomic mass is 79.9. The van der Waals surface area contributed by atoms with Crippen LogP contribution in [0.1, 0.15) is 26.2 Å². The average molecular weight is 354 g/mol. The summed E-state index contributed by atoms with van der Waals surface area (Å²) in [5.74, 6) is 0.0470. The molecular formula is C16H24BrN3O. The highest BCUT2D eigenvalue weighted by Gasteiger charge is 2.17. The van der Waals surface area contributed by atoms with Crippen LogP contribution in [0.2, 0.25) is 0 Å². The van der Waals surface area contributed by atoms with Crippen molar-refractivity contribution in [1.82, 2.24) is 10.2 Å². The number of rotatable bonds is 6. The molecule has 1 saturated heterocycles. The summed E-state index contributed by atoms with van der Waals surface area (Å²) in [5.41, 5.74) is 0.834. The van der Waals surface area contributed by atoms with Crippen LogP contribution in [-0.4, -0.2) is 43.0 Å². The maximum absolute atomic E-state index is 12.1. The molecule has 1 fully saturated rings. The maximum Gasteiger partial charge on any atom is 0.238 e. The normalized spacial score (nSPS) is 18.7. The van der Waals surface area contributed by atoms with E-state index in [1.807, 2.05) is 24.3 Å². The first kappa shape index (κ1) is 16.5. The first-order valence-corrected chi connectivity index (χ1v) is 8.48. The summed E-state index contributed by atoms with van der Waals surface area (Å²) in [4.78, 5) is 14.4. The summed E-state index contributed by atoms with van der Waals surface area (Å²) < 4.78 is 0.971. The minimum Gasteiger partial charge on any atom is -0.325 e. The van der Waals surface area contributed by atoms with Gasteiger partial charge in [0.15, 0.2) is 0 Å². The lowest BCUT2D eigenvalue weighted by atomic mass is 10.0. The Balaban J connectivity index is 1.81. The molecule has 0 saturated carbocycles. The molecule has 0 spiro atoms. The van der Waals surface area contributed by atoms with Gasteiger partial charge in [0.2, 0.25) is 5.91 Å². The maximum atomic E-state index is 12.1. The van der Waals surface area contributed by atoms with Gasteiger partial charge in [-0.2, -0.15) is 0 Å². The second-order valence-corrected chi connectivity index (χ2v) is 6.45. The van der Waals surface area contributed by atoms with Crippen LogP contribution in [0.15, 0.2) is 28.7 Å². The topological polar surface area (TPSA) is 44.4 Å². The van der Waals surface area contributed by atoms with E-state index < -0.39 is 0 Å². The third-order valence-corrected chi connectivity index (χ3v) is 4.31. The van der Waals surface area contributed by atoms with Crippen molar-refractivity contribution in [3.63, 3.8) is 0 Å². The van der Waals surface area contributed by atoms with Crippen LogP contribution < -0.4 is 10.6 Å². The van der Waals surface area contributed by atoms with Gasteiger partial charge in [0.05, 0.1) is 6.54 Å². The zero-order valence-corrected chi connectivity index (χ0v) is 14.2. The molecule has 1 aliphatic rings. The molecule has 1 unspecified atom stereocenters. The fourth-order valence-corrected chi connectivity index (χ4v) is 3.07. The van der Waals surface area contributed by atoms with E-state index in [1.165, 1.54) is 19.3 Å². The Morgan fingerprint density at radius 3 is 3.00 bits per heavy atom. The van der Waals surface area contributed by atoms with Gasteiger partial charge in [-0.15, -0.1) is 0 Å². The Labute approximate surface area is 135 Å². The molecular weight excluding hydrogens is 330 g/mol. The Morgan fingerprint density at radius 1 is 1.48 bits per heavy atom. The van der Waals surface area contributed by atoms with Gasteiger partial charge in [-0.25, -0.2) is 0 Å². The van der Waals surface area contributed by atoms with Crippen molar-refractivity contribution in [3.8, 4) is 0 Å². The summed E-state index contributed by atoms with van der Waals surface area (Å²) in [6, 6.07) is 8.21. The van der Waals surface area contributed by atoms with Gasteiger partial charge in [-0.1, -0.05) is 35.3 Å². The zero-order chi connectivity index (χ0) is 15.1. The third-order valence-electron chi connectivity index (χ3n) is 3.81. The van der Waals surface area contributed by atoms with Crippen molar-refractivity contribution < 1.29 is 4.79 Å². The summed E-state index contributed by atoms with van der Waals surface area (Å²) in [6.45, 7) is 5.50. The number of nitrogens with zero attached hydrogens (tertiary/aromatic N) is 1. The monoisotopic (exact) mass is 353 g/mol. The minimum absolute atomic E-state index is 0.0470. The molecule has 1 heterocycles. The minimum atomic E-state index is 0.0470. The van der Waals surface area contributed by atoms with Gasteiger partial charge in [0, 0.05) is 22.7 Å². The van der Waals surface area contributed by atoms with Crippen LogP contribution in [0.25, 0.3) is 0 Å². The second-order valence-electron chi connectivity index (χ2n) is 5.53. The summed E-state index contributed by atoms with van der Waals surface area (Å²) >= 11 is 3.41. The van der Waals surface area contributed by atoms with Gasteiger partial charge in [-0.3, -0.25) is 9.69 Å². The van der Waals surface area contributed by atoms with Crippen molar-refractivity contribution in [2.45, 2.75) is 32.2 Å². The Morgan fingerprint density at radius 2 is 2.33 bits per heavy atom. The van der Waals surface area contributed by atoms with Crippen LogP contribution >= 0.6 is 15.9 Å². The van der Waals surface area contributed by atoms with E-state index in [0.29, 0.717) is 12.6 Å². The number of hydrogen-bond acceptors (Lipinski definition) is 3. The predicted octanol–water partition coefficient (Wildman–Crippen LogP) is 2.85. The molecule has 1 aliphatic heterocycles. The number of hydrogen-bond donors (Lipinski definition) is 2. The van der Waals surface area contributed by atoms with Crippen molar-refractivity contribution in [3.05, 3.63) is 28.7 Å². The molecule has 2 rings (SSSR count). The van der Waals surface area contributed by atoms with Crippen molar-refractivity contribution in [2.24, 2.45) is 0 Å². The van der Waals surface area contributed by atoms with Crippen LogP contribution in [-0.2, 0) is 4.79 Å². The number of carbonyl (C=O) groups excluding carboxylic acids is 1. The highest BCUT2D eigenvalue weighted by molar-refractivity contribution is 9.10. The molecule has 0 radical (unpaired) electrons. The van der Waals surface area contributed by atoms with E-state index >= 15 is 0 Å². The quantitative estimate of drug-likeness (QED) is 0.826.